The number of nitrogens with two attached hydrogens (primary N) is 1. The van der Waals surface area contributed by atoms with Gasteiger partial charge in [-0.2, -0.15) is 5.10 Å². The lowest BCUT2D eigenvalue weighted by atomic mass is 9.97. The number of imide groups is 1. The highest BCUT2D eigenvalue weighted by Gasteiger charge is 2.35. The molecule has 0 bridgehead atoms. The fourth-order valence-electron chi connectivity index (χ4n) is 6.84. The third-order valence-corrected chi connectivity index (χ3v) is 9.44. The van der Waals surface area contributed by atoms with Crippen LogP contribution in [0.1, 0.15) is 57.1 Å². The van der Waals surface area contributed by atoms with E-state index in [-0.39, 0.29) is 18.5 Å². The number of carbonyl (C=O) groups excluding carboxylic acids is 2. The number of piperidine rings is 2. The molecule has 3 amide bonds. The lowest BCUT2D eigenvalue weighted by molar-refractivity contribution is -0.131. The molecule has 3 aliphatic heterocycles. The van der Waals surface area contributed by atoms with Crippen LogP contribution < -0.4 is 10.5 Å². The number of hydrogen-bond acceptors (Lipinski definition) is 7. The summed E-state index contributed by atoms with van der Waals surface area (Å²) in [6.45, 7) is 6.99. The van der Waals surface area contributed by atoms with Crippen molar-refractivity contribution >= 4 is 17.6 Å². The van der Waals surface area contributed by atoms with Crippen molar-refractivity contribution < 1.29 is 14.3 Å². The number of aromatic nitrogens is 2. The number of nitrogen functional groups attached to an aromatic ring is 1. The second-order valence-corrected chi connectivity index (χ2v) is 12.1. The van der Waals surface area contributed by atoms with Crippen LogP contribution in [0.3, 0.4) is 0 Å². The monoisotopic (exact) mass is 585 g/mol. The number of rotatable bonds is 7. The predicted molar refractivity (Wildman–Crippen MR) is 166 cm³/mol. The number of nitrogens with zero attached hydrogens (tertiary/aromatic N) is 6. The predicted octanol–water partition coefficient (Wildman–Crippen LogP) is 4.55. The molecule has 0 radical (unpaired) electrons. The van der Waals surface area contributed by atoms with Crippen LogP contribution in [0.15, 0.2) is 71.9 Å². The van der Waals surface area contributed by atoms with Gasteiger partial charge in [0.1, 0.15) is 5.75 Å². The van der Waals surface area contributed by atoms with Crippen molar-refractivity contribution in [1.82, 2.24) is 29.4 Å². The average Bonchev–Trinajstić information content (AvgIpc) is 3.38. The molecule has 2 N–H and O–H groups in total. The summed E-state index contributed by atoms with van der Waals surface area (Å²) in [4.78, 5) is 34.7. The highest BCUT2D eigenvalue weighted by atomic mass is 16.5. The van der Waals surface area contributed by atoms with Crippen molar-refractivity contribution in [1.29, 1.82) is 0 Å². The van der Waals surface area contributed by atoms with Gasteiger partial charge in [0, 0.05) is 69.2 Å². The van der Waals surface area contributed by atoms with Crippen LogP contribution in [-0.4, -0.2) is 87.2 Å². The third-order valence-electron chi connectivity index (χ3n) is 9.44. The summed E-state index contributed by atoms with van der Waals surface area (Å²) in [6, 6.07) is 8.30. The average molecular weight is 586 g/mol. The standard InChI is InChI=1S/C33H43N7O3/c1-24-3-6-27(36-16-11-28(12-17-36)37-18-13-29(14-19-37)40-23-26(34)21-35-40)7-10-31(24)38-20-15-32(41)39(33(38)42)22-25-4-8-30(43-2)9-5-25/h3-5,7-10,21,23,28-29H,6,11-20,22,34H2,1-2H3. The van der Waals surface area contributed by atoms with Gasteiger partial charge in [-0.3, -0.25) is 19.3 Å². The molecule has 4 aliphatic rings. The minimum absolute atomic E-state index is 0.137. The van der Waals surface area contributed by atoms with Crippen molar-refractivity contribution in [3.63, 3.8) is 0 Å². The van der Waals surface area contributed by atoms with E-state index in [1.807, 2.05) is 35.1 Å². The fourth-order valence-corrected chi connectivity index (χ4v) is 6.84. The van der Waals surface area contributed by atoms with Gasteiger partial charge >= 0.3 is 6.03 Å². The van der Waals surface area contributed by atoms with Crippen LogP contribution in [0.5, 0.6) is 5.75 Å². The molecule has 0 saturated carbocycles. The molecule has 1 aliphatic carbocycles. The molecule has 0 spiro atoms. The zero-order chi connectivity index (χ0) is 29.9. The molecule has 4 heterocycles. The fraction of sp³-hybridized carbons (Fsp3) is 0.485. The number of methoxy groups -OCH3 is 1. The van der Waals surface area contributed by atoms with Gasteiger partial charge in [-0.25, -0.2) is 4.79 Å². The Hall–Kier alpha value is -4.05. The Morgan fingerprint density at radius 1 is 0.953 bits per heavy atom. The number of likely N-dealkylation sites (tertiary alicyclic amines) is 2. The molecule has 0 atom stereocenters. The Balaban J connectivity index is 1.06. The second kappa shape index (κ2) is 12.7. The molecule has 10 heteroatoms. The number of amides is 3. The van der Waals surface area contributed by atoms with Gasteiger partial charge in [0.15, 0.2) is 0 Å². The summed E-state index contributed by atoms with van der Waals surface area (Å²) < 4.78 is 7.28. The molecule has 3 fully saturated rings. The molecule has 6 rings (SSSR count). The number of allylic oxidation sites excluding steroid dienone is 4. The van der Waals surface area contributed by atoms with E-state index in [0.717, 1.165) is 86.6 Å². The van der Waals surface area contributed by atoms with Gasteiger partial charge in [-0.05, 0) is 68.0 Å². The Morgan fingerprint density at radius 3 is 2.35 bits per heavy atom. The minimum Gasteiger partial charge on any atom is -0.497 e. The zero-order valence-corrected chi connectivity index (χ0v) is 25.3. The first-order valence-corrected chi connectivity index (χ1v) is 15.5. The maximum Gasteiger partial charge on any atom is 0.331 e. The van der Waals surface area contributed by atoms with Crippen LogP contribution in [0, 0.1) is 0 Å². The van der Waals surface area contributed by atoms with Crippen molar-refractivity contribution in [2.75, 3.05) is 45.6 Å². The van der Waals surface area contributed by atoms with E-state index in [4.69, 9.17) is 10.5 Å². The number of ether oxygens (including phenoxy) is 1. The Bertz CT molecular complexity index is 1410. The third kappa shape index (κ3) is 6.34. The summed E-state index contributed by atoms with van der Waals surface area (Å²) in [5.41, 5.74) is 10.7. The minimum atomic E-state index is -0.261. The smallest absolute Gasteiger partial charge is 0.331 e. The molecule has 10 nitrogen and oxygen atoms in total. The molecular formula is C33H43N7O3. The summed E-state index contributed by atoms with van der Waals surface area (Å²) in [6.07, 6.45) is 15.9. The molecule has 228 valence electrons. The van der Waals surface area contributed by atoms with Crippen molar-refractivity contribution in [3.05, 3.63) is 77.4 Å². The van der Waals surface area contributed by atoms with Gasteiger partial charge in [-0.15, -0.1) is 0 Å². The number of benzene rings is 1. The molecule has 1 aromatic carbocycles. The lowest BCUT2D eigenvalue weighted by Crippen LogP contribution is -2.51. The van der Waals surface area contributed by atoms with E-state index in [9.17, 15) is 9.59 Å². The van der Waals surface area contributed by atoms with E-state index >= 15 is 0 Å². The molecular weight excluding hydrogens is 542 g/mol. The lowest BCUT2D eigenvalue weighted by Gasteiger charge is -2.42. The van der Waals surface area contributed by atoms with E-state index in [0.29, 0.717) is 25.0 Å². The largest absolute Gasteiger partial charge is 0.497 e. The zero-order valence-electron chi connectivity index (χ0n) is 25.3. The summed E-state index contributed by atoms with van der Waals surface area (Å²) >= 11 is 0. The van der Waals surface area contributed by atoms with E-state index in [1.165, 1.54) is 10.6 Å². The molecule has 43 heavy (non-hydrogen) atoms. The number of hydrogen-bond donors (Lipinski definition) is 1. The highest BCUT2D eigenvalue weighted by molar-refractivity contribution is 5.97. The van der Waals surface area contributed by atoms with Gasteiger partial charge in [0.2, 0.25) is 5.91 Å². The summed E-state index contributed by atoms with van der Waals surface area (Å²) in [5, 5.41) is 4.43. The summed E-state index contributed by atoms with van der Waals surface area (Å²) in [7, 11) is 1.62. The SMILES string of the molecule is COc1ccc(CN2C(=O)CCN(C3=CC=C(N4CCC(N5CCC(n6cc(N)cn6)CC5)CC4)CC=C3C)C2=O)cc1. The Morgan fingerprint density at radius 2 is 1.67 bits per heavy atom. The quantitative estimate of drug-likeness (QED) is 0.509. The Kier molecular flexibility index (Phi) is 8.56. The first kappa shape index (κ1) is 29.0. The van der Waals surface area contributed by atoms with Crippen molar-refractivity contribution in [2.45, 2.75) is 64.1 Å². The number of anilines is 1. The van der Waals surface area contributed by atoms with E-state index in [1.54, 1.807) is 18.2 Å². The van der Waals surface area contributed by atoms with Gasteiger partial charge in [-0.1, -0.05) is 18.2 Å². The number of carbonyl (C=O) groups is 2. The van der Waals surface area contributed by atoms with Gasteiger partial charge < -0.3 is 20.3 Å². The van der Waals surface area contributed by atoms with Crippen LogP contribution in [0.2, 0.25) is 0 Å². The van der Waals surface area contributed by atoms with Crippen LogP contribution in [-0.2, 0) is 11.3 Å². The van der Waals surface area contributed by atoms with Crippen LogP contribution in [0.4, 0.5) is 10.5 Å². The first-order valence-electron chi connectivity index (χ1n) is 15.5. The second-order valence-electron chi connectivity index (χ2n) is 12.1. The maximum atomic E-state index is 13.6. The molecule has 0 unspecified atom stereocenters. The van der Waals surface area contributed by atoms with Crippen molar-refractivity contribution in [3.8, 4) is 5.75 Å². The topological polar surface area (TPSA) is 100 Å². The Labute approximate surface area is 254 Å². The van der Waals surface area contributed by atoms with Gasteiger partial charge in [0.05, 0.1) is 31.6 Å². The van der Waals surface area contributed by atoms with Gasteiger partial charge in [0.25, 0.3) is 0 Å². The van der Waals surface area contributed by atoms with E-state index in [2.05, 4.69) is 40.1 Å². The highest BCUT2D eigenvalue weighted by Crippen LogP contribution is 2.31. The molecule has 1 aromatic heterocycles. The van der Waals surface area contributed by atoms with Crippen LogP contribution in [0.25, 0.3) is 0 Å². The van der Waals surface area contributed by atoms with Crippen molar-refractivity contribution in [2.24, 2.45) is 0 Å². The van der Waals surface area contributed by atoms with Crippen LogP contribution >= 0.6 is 0 Å². The normalized spacial score (nSPS) is 21.4. The summed E-state index contributed by atoms with van der Waals surface area (Å²) in [5.74, 6) is 0.609. The maximum absolute atomic E-state index is 13.6. The first-order chi connectivity index (χ1) is 20.9. The van der Waals surface area contributed by atoms with E-state index < -0.39 is 0 Å². The number of urea groups is 1. The molecule has 3 saturated heterocycles. The molecule has 2 aromatic rings.